The zero-order valence-electron chi connectivity index (χ0n) is 12.4. The molecule has 0 aromatic carbocycles. The van der Waals surface area contributed by atoms with Crippen LogP contribution in [0, 0.1) is 0 Å². The second-order valence-electron chi connectivity index (χ2n) is 4.95. The molecule has 0 unspecified atom stereocenters. The third-order valence-corrected chi connectivity index (χ3v) is 3.18. The van der Waals surface area contributed by atoms with Gasteiger partial charge < -0.3 is 5.32 Å². The van der Waals surface area contributed by atoms with E-state index in [4.69, 9.17) is 0 Å². The molecule has 0 saturated heterocycles. The zero-order valence-corrected chi connectivity index (χ0v) is 12.4. The lowest BCUT2D eigenvalue weighted by Gasteiger charge is -2.18. The van der Waals surface area contributed by atoms with Gasteiger partial charge in [-0.3, -0.25) is 0 Å². The summed E-state index contributed by atoms with van der Waals surface area (Å²) in [7, 11) is 0. The van der Waals surface area contributed by atoms with Crippen molar-refractivity contribution in [3.05, 3.63) is 71.5 Å². The molecule has 1 rings (SSSR count). The minimum absolute atomic E-state index is 0.866. The van der Waals surface area contributed by atoms with Gasteiger partial charge in [0.25, 0.3) is 0 Å². The maximum atomic E-state index is 4.20. The fourth-order valence-electron chi connectivity index (χ4n) is 2.01. The van der Waals surface area contributed by atoms with E-state index in [1.54, 1.807) is 0 Å². The van der Waals surface area contributed by atoms with E-state index in [9.17, 15) is 0 Å². The van der Waals surface area contributed by atoms with Gasteiger partial charge in [-0.2, -0.15) is 0 Å². The number of hydrogen-bond donors (Lipinski definition) is 1. The van der Waals surface area contributed by atoms with E-state index in [1.807, 2.05) is 6.92 Å². The Labute approximate surface area is 117 Å². The minimum Gasteiger partial charge on any atom is -0.386 e. The lowest BCUT2D eigenvalue weighted by molar-refractivity contribution is 0.869. The van der Waals surface area contributed by atoms with Gasteiger partial charge in [-0.15, -0.1) is 6.58 Å². The van der Waals surface area contributed by atoms with Crippen LogP contribution in [0.3, 0.4) is 0 Å². The van der Waals surface area contributed by atoms with Crippen LogP contribution in [-0.4, -0.2) is 6.54 Å². The largest absolute Gasteiger partial charge is 0.386 e. The van der Waals surface area contributed by atoms with Crippen LogP contribution in [-0.2, 0) is 0 Å². The molecule has 0 aromatic heterocycles. The van der Waals surface area contributed by atoms with Crippen LogP contribution in [0.25, 0.3) is 0 Å². The van der Waals surface area contributed by atoms with Crippen molar-refractivity contribution >= 4 is 0 Å². The van der Waals surface area contributed by atoms with E-state index < -0.39 is 0 Å². The highest BCUT2D eigenvalue weighted by Crippen LogP contribution is 2.23. The molecule has 0 aromatic rings. The van der Waals surface area contributed by atoms with Gasteiger partial charge in [0.1, 0.15) is 0 Å². The molecule has 102 valence electrons. The SMILES string of the molecule is C=C(C)CCC(=C)C1=CC(C(/C=C\C)=C/C)=CNC1. The first-order valence-corrected chi connectivity index (χ1v) is 6.84. The van der Waals surface area contributed by atoms with Crippen LogP contribution in [0.5, 0.6) is 0 Å². The molecule has 0 radical (unpaired) electrons. The maximum absolute atomic E-state index is 4.20. The van der Waals surface area contributed by atoms with Gasteiger partial charge >= 0.3 is 0 Å². The summed E-state index contributed by atoms with van der Waals surface area (Å²) in [5, 5.41) is 3.34. The summed E-state index contributed by atoms with van der Waals surface area (Å²) in [6, 6.07) is 0. The minimum atomic E-state index is 0.866. The van der Waals surface area contributed by atoms with Gasteiger partial charge in [-0.1, -0.05) is 30.4 Å². The summed E-state index contributed by atoms with van der Waals surface area (Å²) < 4.78 is 0. The molecule has 0 saturated carbocycles. The van der Waals surface area contributed by atoms with E-state index in [0.717, 1.165) is 19.4 Å². The third kappa shape index (κ3) is 4.78. The van der Waals surface area contributed by atoms with E-state index >= 15 is 0 Å². The van der Waals surface area contributed by atoms with Gasteiger partial charge in [0.05, 0.1) is 0 Å². The van der Waals surface area contributed by atoms with Crippen molar-refractivity contribution in [3.8, 4) is 0 Å². The van der Waals surface area contributed by atoms with Crippen molar-refractivity contribution in [1.29, 1.82) is 0 Å². The predicted molar refractivity (Wildman–Crippen MR) is 85.9 cm³/mol. The maximum Gasteiger partial charge on any atom is 0.0398 e. The number of allylic oxidation sites excluding steroid dienone is 7. The molecule has 1 heterocycles. The molecule has 0 spiro atoms. The fourth-order valence-corrected chi connectivity index (χ4v) is 2.01. The average Bonchev–Trinajstić information content (AvgIpc) is 2.42. The molecular weight excluding hydrogens is 230 g/mol. The Morgan fingerprint density at radius 3 is 2.63 bits per heavy atom. The lowest BCUT2D eigenvalue weighted by atomic mass is 9.94. The zero-order chi connectivity index (χ0) is 14.3. The molecule has 1 aliphatic rings. The first-order valence-electron chi connectivity index (χ1n) is 6.84. The topological polar surface area (TPSA) is 12.0 Å². The summed E-state index contributed by atoms with van der Waals surface area (Å²) >= 11 is 0. The molecule has 1 heteroatoms. The Morgan fingerprint density at radius 2 is 2.05 bits per heavy atom. The Hall–Kier alpha value is -1.76. The Morgan fingerprint density at radius 1 is 1.32 bits per heavy atom. The molecule has 1 N–H and O–H groups in total. The first kappa shape index (κ1) is 15.3. The van der Waals surface area contributed by atoms with Crippen molar-refractivity contribution < 1.29 is 0 Å². The summed E-state index contributed by atoms with van der Waals surface area (Å²) in [6.45, 7) is 15.2. The standard InChI is InChI=1S/C18H25N/c1-6-8-16(7-2)18-11-17(12-19-13-18)15(5)10-9-14(3)4/h6-8,11,13,19H,3,5,9-10,12H2,1-2,4H3/b8-6-,16-7+. The molecule has 1 nitrogen and oxygen atoms in total. The molecule has 0 bridgehead atoms. The molecular formula is C18H25N. The van der Waals surface area contributed by atoms with Crippen molar-refractivity contribution in [2.24, 2.45) is 0 Å². The predicted octanol–water partition coefficient (Wildman–Crippen LogP) is 4.83. The average molecular weight is 255 g/mol. The second-order valence-corrected chi connectivity index (χ2v) is 4.95. The third-order valence-electron chi connectivity index (χ3n) is 3.18. The summed E-state index contributed by atoms with van der Waals surface area (Å²) in [5.41, 5.74) is 6.17. The molecule has 0 amide bonds. The first-order chi connectivity index (χ1) is 9.08. The van der Waals surface area contributed by atoms with Gasteiger partial charge in [-0.25, -0.2) is 0 Å². The second kappa shape index (κ2) is 7.63. The van der Waals surface area contributed by atoms with E-state index in [-0.39, 0.29) is 0 Å². The van der Waals surface area contributed by atoms with E-state index in [1.165, 1.54) is 27.9 Å². The van der Waals surface area contributed by atoms with Crippen molar-refractivity contribution in [2.45, 2.75) is 33.6 Å². The van der Waals surface area contributed by atoms with Crippen LogP contribution in [0.15, 0.2) is 71.5 Å². The monoisotopic (exact) mass is 255 g/mol. The Balaban J connectivity index is 2.81. The fraction of sp³-hybridized carbons (Fsp3) is 0.333. The smallest absolute Gasteiger partial charge is 0.0398 e. The highest BCUT2D eigenvalue weighted by atomic mass is 14.8. The highest BCUT2D eigenvalue weighted by molar-refractivity contribution is 5.51. The van der Waals surface area contributed by atoms with Crippen molar-refractivity contribution in [3.63, 3.8) is 0 Å². The normalized spacial score (nSPS) is 15.8. The summed E-state index contributed by atoms with van der Waals surface area (Å²) in [4.78, 5) is 0. The molecule has 0 atom stereocenters. The number of nitrogens with one attached hydrogen (secondary N) is 1. The number of rotatable bonds is 6. The quantitative estimate of drug-likeness (QED) is 0.529. The highest BCUT2D eigenvalue weighted by Gasteiger charge is 2.09. The summed E-state index contributed by atoms with van der Waals surface area (Å²) in [6.07, 6.45) is 12.6. The molecule has 1 aliphatic heterocycles. The van der Waals surface area contributed by atoms with Crippen LogP contribution in [0.2, 0.25) is 0 Å². The number of hydrogen-bond acceptors (Lipinski definition) is 1. The van der Waals surface area contributed by atoms with Gasteiger partial charge in [0.2, 0.25) is 0 Å². The van der Waals surface area contributed by atoms with E-state index in [2.05, 4.69) is 62.8 Å². The van der Waals surface area contributed by atoms with Crippen molar-refractivity contribution in [2.75, 3.05) is 6.54 Å². The Kier molecular flexibility index (Phi) is 6.14. The van der Waals surface area contributed by atoms with E-state index in [0.29, 0.717) is 0 Å². The lowest BCUT2D eigenvalue weighted by Crippen LogP contribution is -2.16. The van der Waals surface area contributed by atoms with Crippen molar-refractivity contribution in [1.82, 2.24) is 5.32 Å². The van der Waals surface area contributed by atoms with Crippen LogP contribution < -0.4 is 5.32 Å². The van der Waals surface area contributed by atoms with Crippen LogP contribution >= 0.6 is 0 Å². The van der Waals surface area contributed by atoms with Gasteiger partial charge in [0.15, 0.2) is 0 Å². The van der Waals surface area contributed by atoms with Crippen LogP contribution in [0.4, 0.5) is 0 Å². The molecule has 0 aliphatic carbocycles. The molecule has 0 fully saturated rings. The van der Waals surface area contributed by atoms with Gasteiger partial charge in [-0.05, 0) is 62.0 Å². The van der Waals surface area contributed by atoms with Gasteiger partial charge in [0, 0.05) is 12.7 Å². The van der Waals surface area contributed by atoms with Crippen LogP contribution in [0.1, 0.15) is 33.6 Å². The molecule has 19 heavy (non-hydrogen) atoms. The summed E-state index contributed by atoms with van der Waals surface area (Å²) in [5.74, 6) is 0. The Bertz CT molecular complexity index is 470. The number of dihydropyridines is 1.